The molecule has 3 rings (SSSR count). The van der Waals surface area contributed by atoms with Crippen molar-refractivity contribution in [3.05, 3.63) is 34.9 Å². The fourth-order valence-electron chi connectivity index (χ4n) is 2.73. The van der Waals surface area contributed by atoms with Crippen LogP contribution in [0.3, 0.4) is 0 Å². The van der Waals surface area contributed by atoms with Crippen molar-refractivity contribution < 1.29 is 5.11 Å². The second-order valence-electron chi connectivity index (χ2n) is 5.24. The van der Waals surface area contributed by atoms with Crippen LogP contribution in [0.1, 0.15) is 55.2 Å². The van der Waals surface area contributed by atoms with Crippen LogP contribution in [0.2, 0.25) is 0 Å². The maximum atomic E-state index is 10.1. The maximum Gasteiger partial charge on any atom is 0.0899 e. The lowest BCUT2D eigenvalue weighted by Gasteiger charge is -2.24. The Morgan fingerprint density at radius 1 is 1.33 bits per heavy atom. The van der Waals surface area contributed by atoms with Gasteiger partial charge in [0.25, 0.3) is 0 Å². The summed E-state index contributed by atoms with van der Waals surface area (Å²) in [6, 6.07) is 6.62. The highest BCUT2D eigenvalue weighted by molar-refractivity contribution is 5.40. The summed E-state index contributed by atoms with van der Waals surface area (Å²) in [5.74, 6) is 0.677. The Morgan fingerprint density at radius 2 is 2.13 bits per heavy atom. The van der Waals surface area contributed by atoms with Crippen LogP contribution in [0.5, 0.6) is 0 Å². The average molecular weight is 202 g/mol. The van der Waals surface area contributed by atoms with Gasteiger partial charge in [0, 0.05) is 0 Å². The van der Waals surface area contributed by atoms with Gasteiger partial charge in [-0.15, -0.1) is 0 Å². The average Bonchev–Trinajstić information content (AvgIpc) is 2.98. The summed E-state index contributed by atoms with van der Waals surface area (Å²) in [5, 5.41) is 10.1. The standard InChI is InChI=1S/C14H18O/c1-10-3-2-4-11-5-6-12(9-13(10)11)14(15)7-8-14/h5-6,9-10,15H,2-4,7-8H2,1H3. The molecular formula is C14H18O. The molecule has 1 fully saturated rings. The third-order valence-corrected chi connectivity index (χ3v) is 4.02. The number of hydrogen-bond donors (Lipinski definition) is 1. The van der Waals surface area contributed by atoms with Gasteiger partial charge in [0.1, 0.15) is 0 Å². The summed E-state index contributed by atoms with van der Waals surface area (Å²) < 4.78 is 0. The fraction of sp³-hybridized carbons (Fsp3) is 0.571. The molecule has 15 heavy (non-hydrogen) atoms. The molecule has 1 atom stereocenters. The summed E-state index contributed by atoms with van der Waals surface area (Å²) in [6.07, 6.45) is 5.73. The quantitative estimate of drug-likeness (QED) is 0.742. The van der Waals surface area contributed by atoms with Gasteiger partial charge >= 0.3 is 0 Å². The zero-order chi connectivity index (χ0) is 10.5. The third-order valence-electron chi connectivity index (χ3n) is 4.02. The molecular weight excluding hydrogens is 184 g/mol. The van der Waals surface area contributed by atoms with Crippen LogP contribution < -0.4 is 0 Å². The van der Waals surface area contributed by atoms with Crippen LogP contribution >= 0.6 is 0 Å². The smallest absolute Gasteiger partial charge is 0.0899 e. The van der Waals surface area contributed by atoms with Gasteiger partial charge in [0.05, 0.1) is 5.60 Å². The molecule has 1 aromatic carbocycles. The minimum atomic E-state index is -0.466. The molecule has 0 heterocycles. The van der Waals surface area contributed by atoms with E-state index < -0.39 is 5.60 Å². The van der Waals surface area contributed by atoms with Gasteiger partial charge in [-0.3, -0.25) is 0 Å². The van der Waals surface area contributed by atoms with Crippen molar-refractivity contribution in [3.63, 3.8) is 0 Å². The number of aryl methyl sites for hydroxylation is 1. The van der Waals surface area contributed by atoms with Gasteiger partial charge in [-0.25, -0.2) is 0 Å². The maximum absolute atomic E-state index is 10.1. The number of fused-ring (bicyclic) bond motifs is 1. The Bertz CT molecular complexity index is 390. The van der Waals surface area contributed by atoms with Crippen molar-refractivity contribution in [2.75, 3.05) is 0 Å². The van der Waals surface area contributed by atoms with Crippen molar-refractivity contribution in [3.8, 4) is 0 Å². The van der Waals surface area contributed by atoms with Gasteiger partial charge in [0.15, 0.2) is 0 Å². The molecule has 0 bridgehead atoms. The van der Waals surface area contributed by atoms with Gasteiger partial charge < -0.3 is 5.11 Å². The zero-order valence-corrected chi connectivity index (χ0v) is 9.29. The molecule has 1 nitrogen and oxygen atoms in total. The first-order valence-electron chi connectivity index (χ1n) is 6.05. The largest absolute Gasteiger partial charge is 0.385 e. The van der Waals surface area contributed by atoms with E-state index in [0.717, 1.165) is 18.4 Å². The second kappa shape index (κ2) is 3.08. The van der Waals surface area contributed by atoms with E-state index in [-0.39, 0.29) is 0 Å². The number of rotatable bonds is 1. The van der Waals surface area contributed by atoms with E-state index in [1.807, 2.05) is 0 Å². The van der Waals surface area contributed by atoms with Crippen molar-refractivity contribution in [2.24, 2.45) is 0 Å². The summed E-state index contributed by atoms with van der Waals surface area (Å²) in [5.41, 5.74) is 3.67. The number of aliphatic hydroxyl groups is 1. The minimum absolute atomic E-state index is 0.466. The Hall–Kier alpha value is -0.820. The summed E-state index contributed by atoms with van der Waals surface area (Å²) in [4.78, 5) is 0. The Labute approximate surface area is 91.1 Å². The summed E-state index contributed by atoms with van der Waals surface area (Å²) in [6.45, 7) is 2.30. The highest BCUT2D eigenvalue weighted by Gasteiger charge is 2.42. The first-order valence-corrected chi connectivity index (χ1v) is 6.05. The van der Waals surface area contributed by atoms with Gasteiger partial charge in [-0.2, -0.15) is 0 Å². The highest BCUT2D eigenvalue weighted by Crippen LogP contribution is 2.46. The van der Waals surface area contributed by atoms with Crippen molar-refractivity contribution in [2.45, 2.75) is 50.5 Å². The van der Waals surface area contributed by atoms with Crippen molar-refractivity contribution in [1.82, 2.24) is 0 Å². The molecule has 1 heteroatoms. The van der Waals surface area contributed by atoms with Gasteiger partial charge in [0.2, 0.25) is 0 Å². The molecule has 0 spiro atoms. The predicted octanol–water partition coefficient (Wildman–Crippen LogP) is 3.11. The topological polar surface area (TPSA) is 20.2 Å². The van der Waals surface area contributed by atoms with Crippen LogP contribution in [0.4, 0.5) is 0 Å². The predicted molar refractivity (Wildman–Crippen MR) is 60.9 cm³/mol. The van der Waals surface area contributed by atoms with Crippen molar-refractivity contribution >= 4 is 0 Å². The number of hydrogen-bond acceptors (Lipinski definition) is 1. The first kappa shape index (κ1) is 9.41. The molecule has 2 aliphatic carbocycles. The lowest BCUT2D eigenvalue weighted by atomic mass is 9.82. The zero-order valence-electron chi connectivity index (χ0n) is 9.29. The molecule has 80 valence electrons. The van der Waals surface area contributed by atoms with E-state index in [1.165, 1.54) is 30.4 Å². The normalized spacial score (nSPS) is 27.2. The highest BCUT2D eigenvalue weighted by atomic mass is 16.3. The van der Waals surface area contributed by atoms with E-state index in [9.17, 15) is 5.11 Å². The molecule has 2 aliphatic rings. The molecule has 0 aromatic heterocycles. The van der Waals surface area contributed by atoms with E-state index in [4.69, 9.17) is 0 Å². The van der Waals surface area contributed by atoms with Crippen molar-refractivity contribution in [1.29, 1.82) is 0 Å². The van der Waals surface area contributed by atoms with Crippen LogP contribution in [0.25, 0.3) is 0 Å². The molecule has 1 saturated carbocycles. The summed E-state index contributed by atoms with van der Waals surface area (Å²) in [7, 11) is 0. The third kappa shape index (κ3) is 1.50. The van der Waals surface area contributed by atoms with E-state index in [0.29, 0.717) is 5.92 Å². The van der Waals surface area contributed by atoms with Crippen LogP contribution in [0, 0.1) is 0 Å². The van der Waals surface area contributed by atoms with E-state index in [2.05, 4.69) is 25.1 Å². The van der Waals surface area contributed by atoms with Gasteiger partial charge in [-0.05, 0) is 54.7 Å². The molecule has 1 N–H and O–H groups in total. The van der Waals surface area contributed by atoms with Crippen LogP contribution in [-0.4, -0.2) is 5.11 Å². The molecule has 0 amide bonds. The molecule has 0 radical (unpaired) electrons. The molecule has 0 aliphatic heterocycles. The Morgan fingerprint density at radius 3 is 2.87 bits per heavy atom. The Balaban J connectivity index is 2.04. The van der Waals surface area contributed by atoms with Crippen LogP contribution in [-0.2, 0) is 12.0 Å². The Kier molecular flexibility index (Phi) is 1.93. The minimum Gasteiger partial charge on any atom is -0.385 e. The molecule has 0 saturated heterocycles. The monoisotopic (exact) mass is 202 g/mol. The number of benzene rings is 1. The second-order valence-corrected chi connectivity index (χ2v) is 5.24. The summed E-state index contributed by atoms with van der Waals surface area (Å²) >= 11 is 0. The lowest BCUT2D eigenvalue weighted by molar-refractivity contribution is 0.151. The van der Waals surface area contributed by atoms with E-state index in [1.54, 1.807) is 0 Å². The molecule has 1 aromatic rings. The fourth-order valence-corrected chi connectivity index (χ4v) is 2.73. The van der Waals surface area contributed by atoms with E-state index >= 15 is 0 Å². The lowest BCUT2D eigenvalue weighted by Crippen LogP contribution is -2.11. The SMILES string of the molecule is CC1CCCc2ccc(C3(O)CC3)cc21. The van der Waals surface area contributed by atoms with Crippen LogP contribution in [0.15, 0.2) is 18.2 Å². The first-order chi connectivity index (χ1) is 7.19. The molecule has 1 unspecified atom stereocenters. The van der Waals surface area contributed by atoms with Gasteiger partial charge in [-0.1, -0.05) is 25.1 Å².